The van der Waals surface area contributed by atoms with Gasteiger partial charge in [-0.1, -0.05) is 32.0 Å². The van der Waals surface area contributed by atoms with Crippen molar-refractivity contribution in [2.24, 2.45) is 10.4 Å². The molecule has 158 valence electrons. The first-order valence-electron chi connectivity index (χ1n) is 10.7. The summed E-state index contributed by atoms with van der Waals surface area (Å²) in [5.74, 6) is 0.837. The van der Waals surface area contributed by atoms with E-state index in [1.54, 1.807) is 0 Å². The molecule has 28 heavy (non-hydrogen) atoms. The fourth-order valence-electron chi connectivity index (χ4n) is 3.71. The molecule has 0 aromatic heterocycles. The van der Waals surface area contributed by atoms with E-state index in [1.165, 1.54) is 11.3 Å². The first-order chi connectivity index (χ1) is 13.7. The molecule has 0 radical (unpaired) electrons. The second kappa shape index (κ2) is 11.9. The predicted octanol–water partition coefficient (Wildman–Crippen LogP) is 2.77. The van der Waals surface area contributed by atoms with E-state index >= 15 is 0 Å². The van der Waals surface area contributed by atoms with Gasteiger partial charge in [-0.2, -0.15) is 0 Å². The van der Waals surface area contributed by atoms with Gasteiger partial charge in [0.2, 0.25) is 0 Å². The van der Waals surface area contributed by atoms with Crippen LogP contribution >= 0.6 is 0 Å². The summed E-state index contributed by atoms with van der Waals surface area (Å²) in [6, 6.07) is 8.51. The molecule has 0 aliphatic carbocycles. The third-order valence-electron chi connectivity index (χ3n) is 5.87. The highest BCUT2D eigenvalue weighted by atomic mass is 16.5. The topological polar surface area (TPSA) is 69.1 Å². The normalized spacial score (nSPS) is 15.6. The molecular weight excluding hydrogens is 352 g/mol. The molecule has 1 heterocycles. The van der Waals surface area contributed by atoms with E-state index < -0.39 is 0 Å². The van der Waals surface area contributed by atoms with Crippen molar-refractivity contribution in [2.45, 2.75) is 46.6 Å². The van der Waals surface area contributed by atoms with E-state index in [2.05, 4.69) is 60.6 Å². The summed E-state index contributed by atoms with van der Waals surface area (Å²) in [6.07, 6.45) is 2.89. The molecule has 6 heteroatoms. The Morgan fingerprint density at radius 2 is 1.86 bits per heavy atom. The van der Waals surface area contributed by atoms with Crippen LogP contribution in [0.5, 0.6) is 0 Å². The molecule has 1 aliphatic heterocycles. The Kier molecular flexibility index (Phi) is 9.58. The Hall–Kier alpha value is -1.79. The zero-order chi connectivity index (χ0) is 20.2. The number of morpholine rings is 1. The lowest BCUT2D eigenvalue weighted by Gasteiger charge is -2.32. The van der Waals surface area contributed by atoms with E-state index in [-0.39, 0.29) is 12.0 Å². The number of benzene rings is 1. The Labute approximate surface area is 170 Å². The summed E-state index contributed by atoms with van der Waals surface area (Å²) in [4.78, 5) is 7.23. The lowest BCUT2D eigenvalue weighted by Crippen LogP contribution is -2.44. The lowest BCUT2D eigenvalue weighted by atomic mass is 9.79. The molecule has 0 saturated carbocycles. The Bertz CT molecular complexity index is 596. The number of nitrogens with one attached hydrogen (secondary N) is 2. The fraction of sp³-hybridized carbons (Fsp3) is 0.682. The van der Waals surface area contributed by atoms with Crippen LogP contribution in [0.25, 0.3) is 0 Å². The van der Waals surface area contributed by atoms with Gasteiger partial charge < -0.3 is 25.4 Å². The number of aliphatic hydroxyl groups is 1. The number of rotatable bonds is 10. The molecule has 2 rings (SSSR count). The number of ether oxygens (including phenoxy) is 1. The van der Waals surface area contributed by atoms with Crippen molar-refractivity contribution in [3.8, 4) is 0 Å². The number of guanidine groups is 1. The van der Waals surface area contributed by atoms with Gasteiger partial charge >= 0.3 is 0 Å². The molecule has 1 saturated heterocycles. The number of aliphatic hydroxyl groups excluding tert-OH is 1. The molecule has 0 atom stereocenters. The van der Waals surface area contributed by atoms with Crippen molar-refractivity contribution in [1.29, 1.82) is 0 Å². The number of nitrogens with zero attached hydrogens (tertiary/aromatic N) is 2. The molecular formula is C22H38N4O2. The van der Waals surface area contributed by atoms with Crippen molar-refractivity contribution in [3.63, 3.8) is 0 Å². The SMILES string of the molecule is CCNC(=NCc1ccccc1N1CCOCC1)NCC(CC)(CC)CCO. The van der Waals surface area contributed by atoms with Gasteiger partial charge in [-0.25, -0.2) is 4.99 Å². The van der Waals surface area contributed by atoms with Crippen LogP contribution in [0.2, 0.25) is 0 Å². The van der Waals surface area contributed by atoms with Gasteiger partial charge in [-0.3, -0.25) is 0 Å². The minimum Gasteiger partial charge on any atom is -0.396 e. The molecule has 0 spiro atoms. The van der Waals surface area contributed by atoms with Gasteiger partial charge in [0.05, 0.1) is 19.8 Å². The monoisotopic (exact) mass is 390 g/mol. The van der Waals surface area contributed by atoms with Gasteiger partial charge in [-0.15, -0.1) is 0 Å². The van der Waals surface area contributed by atoms with E-state index in [0.29, 0.717) is 6.54 Å². The average Bonchev–Trinajstić information content (AvgIpc) is 2.75. The lowest BCUT2D eigenvalue weighted by molar-refractivity contribution is 0.122. The minimum absolute atomic E-state index is 0.108. The van der Waals surface area contributed by atoms with Gasteiger partial charge in [0.25, 0.3) is 0 Å². The highest BCUT2D eigenvalue weighted by Crippen LogP contribution is 2.29. The smallest absolute Gasteiger partial charge is 0.191 e. The van der Waals surface area contributed by atoms with E-state index in [1.807, 2.05) is 0 Å². The van der Waals surface area contributed by atoms with Gasteiger partial charge in [0.1, 0.15) is 0 Å². The van der Waals surface area contributed by atoms with Crippen molar-refractivity contribution in [3.05, 3.63) is 29.8 Å². The van der Waals surface area contributed by atoms with Crippen LogP contribution in [0.15, 0.2) is 29.3 Å². The third kappa shape index (κ3) is 6.38. The number of aliphatic imine (C=N–C) groups is 1. The first-order valence-corrected chi connectivity index (χ1v) is 10.7. The van der Waals surface area contributed by atoms with Gasteiger partial charge in [0, 0.05) is 38.5 Å². The zero-order valence-electron chi connectivity index (χ0n) is 17.8. The zero-order valence-corrected chi connectivity index (χ0v) is 17.8. The molecule has 1 aromatic rings. The quantitative estimate of drug-likeness (QED) is 0.423. The van der Waals surface area contributed by atoms with Crippen LogP contribution in [-0.2, 0) is 11.3 Å². The number of anilines is 1. The van der Waals surface area contributed by atoms with Gasteiger partial charge in [-0.05, 0) is 43.2 Å². The van der Waals surface area contributed by atoms with Crippen molar-refractivity contribution >= 4 is 11.6 Å². The second-order valence-electron chi connectivity index (χ2n) is 7.46. The second-order valence-corrected chi connectivity index (χ2v) is 7.46. The van der Waals surface area contributed by atoms with E-state index in [9.17, 15) is 5.11 Å². The number of hydrogen-bond acceptors (Lipinski definition) is 4. The van der Waals surface area contributed by atoms with Crippen molar-refractivity contribution in [2.75, 3.05) is 50.9 Å². The maximum atomic E-state index is 9.45. The molecule has 0 amide bonds. The minimum atomic E-state index is 0.108. The average molecular weight is 391 g/mol. The fourth-order valence-corrected chi connectivity index (χ4v) is 3.71. The largest absolute Gasteiger partial charge is 0.396 e. The summed E-state index contributed by atoms with van der Waals surface area (Å²) in [5, 5.41) is 16.3. The van der Waals surface area contributed by atoms with Crippen molar-refractivity contribution < 1.29 is 9.84 Å². The van der Waals surface area contributed by atoms with Crippen LogP contribution in [0.1, 0.15) is 45.6 Å². The van der Waals surface area contributed by atoms with Crippen LogP contribution in [0.4, 0.5) is 5.69 Å². The maximum absolute atomic E-state index is 9.45. The Morgan fingerprint density at radius 3 is 2.50 bits per heavy atom. The maximum Gasteiger partial charge on any atom is 0.191 e. The first kappa shape index (κ1) is 22.5. The standard InChI is InChI=1S/C22H38N4O2/c1-4-22(5-2,11-14-27)18-25-21(23-6-3)24-17-19-9-7-8-10-20(19)26-12-15-28-16-13-26/h7-10,27H,4-6,11-18H2,1-3H3,(H2,23,24,25). The molecule has 1 aromatic carbocycles. The van der Waals surface area contributed by atoms with Crippen LogP contribution in [-0.4, -0.2) is 57.1 Å². The van der Waals surface area contributed by atoms with E-state index in [0.717, 1.165) is 64.6 Å². The third-order valence-corrected chi connectivity index (χ3v) is 5.87. The summed E-state index contributed by atoms with van der Waals surface area (Å²) in [7, 11) is 0. The van der Waals surface area contributed by atoms with Crippen LogP contribution in [0, 0.1) is 5.41 Å². The van der Waals surface area contributed by atoms with Crippen LogP contribution in [0.3, 0.4) is 0 Å². The van der Waals surface area contributed by atoms with Crippen molar-refractivity contribution in [1.82, 2.24) is 10.6 Å². The number of hydrogen-bond donors (Lipinski definition) is 3. The highest BCUT2D eigenvalue weighted by Gasteiger charge is 2.25. The van der Waals surface area contributed by atoms with Crippen LogP contribution < -0.4 is 15.5 Å². The summed E-state index contributed by atoms with van der Waals surface area (Å²) in [6.45, 7) is 12.4. The molecule has 0 unspecified atom stereocenters. The molecule has 1 fully saturated rings. The predicted molar refractivity (Wildman–Crippen MR) is 117 cm³/mol. The molecule has 0 bridgehead atoms. The molecule has 6 nitrogen and oxygen atoms in total. The summed E-state index contributed by atoms with van der Waals surface area (Å²) >= 11 is 0. The molecule has 1 aliphatic rings. The summed E-state index contributed by atoms with van der Waals surface area (Å²) < 4.78 is 5.49. The Morgan fingerprint density at radius 1 is 1.14 bits per heavy atom. The highest BCUT2D eigenvalue weighted by molar-refractivity contribution is 5.79. The molecule has 3 N–H and O–H groups in total. The Balaban J connectivity index is 2.08. The number of para-hydroxylation sites is 1. The van der Waals surface area contributed by atoms with Gasteiger partial charge in [0.15, 0.2) is 5.96 Å². The van der Waals surface area contributed by atoms with E-state index in [4.69, 9.17) is 9.73 Å². The summed E-state index contributed by atoms with van der Waals surface area (Å²) in [5.41, 5.74) is 2.59.